The van der Waals surface area contributed by atoms with Gasteiger partial charge in [0.15, 0.2) is 0 Å². The largest absolute Gasteiger partial charge is 0.440 e. The SMILES string of the molecule is N#CC(N)CSc1ncco1. The molecule has 1 unspecified atom stereocenters. The van der Waals surface area contributed by atoms with Crippen LogP contribution in [0.4, 0.5) is 0 Å². The predicted molar refractivity (Wildman–Crippen MR) is 40.8 cm³/mol. The smallest absolute Gasteiger partial charge is 0.255 e. The van der Waals surface area contributed by atoms with E-state index >= 15 is 0 Å². The molecule has 0 spiro atoms. The maximum atomic E-state index is 8.32. The second-order valence-electron chi connectivity index (χ2n) is 1.84. The van der Waals surface area contributed by atoms with Crippen LogP contribution in [0.5, 0.6) is 0 Å². The Balaban J connectivity index is 2.30. The monoisotopic (exact) mass is 169 g/mol. The third-order valence-electron chi connectivity index (χ3n) is 0.962. The molecule has 0 radical (unpaired) electrons. The van der Waals surface area contributed by atoms with Crippen molar-refractivity contribution in [2.24, 2.45) is 5.73 Å². The molecule has 5 heteroatoms. The summed E-state index contributed by atoms with van der Waals surface area (Å²) < 4.78 is 4.92. The zero-order valence-corrected chi connectivity index (χ0v) is 6.54. The lowest BCUT2D eigenvalue weighted by Gasteiger charge is -1.96. The fourth-order valence-electron chi connectivity index (χ4n) is 0.480. The number of nitrogens with two attached hydrogens (primary N) is 1. The first kappa shape index (κ1) is 8.11. The maximum absolute atomic E-state index is 8.32. The summed E-state index contributed by atoms with van der Waals surface area (Å²) in [5, 5.41) is 8.88. The summed E-state index contributed by atoms with van der Waals surface area (Å²) in [5.41, 5.74) is 5.34. The van der Waals surface area contributed by atoms with Crippen molar-refractivity contribution >= 4 is 11.8 Å². The molecular formula is C6H7N3OS. The van der Waals surface area contributed by atoms with Crippen LogP contribution in [0.25, 0.3) is 0 Å². The molecular weight excluding hydrogens is 162 g/mol. The zero-order valence-electron chi connectivity index (χ0n) is 5.73. The van der Waals surface area contributed by atoms with Gasteiger partial charge in [-0.1, -0.05) is 11.8 Å². The topological polar surface area (TPSA) is 75.8 Å². The molecule has 0 aliphatic heterocycles. The number of aromatic nitrogens is 1. The summed E-state index contributed by atoms with van der Waals surface area (Å²) in [4.78, 5) is 3.85. The van der Waals surface area contributed by atoms with E-state index in [2.05, 4.69) is 4.98 Å². The molecule has 0 saturated heterocycles. The number of hydrogen-bond acceptors (Lipinski definition) is 5. The molecule has 0 aliphatic carbocycles. The van der Waals surface area contributed by atoms with E-state index in [1.165, 1.54) is 18.0 Å². The minimum Gasteiger partial charge on any atom is -0.440 e. The van der Waals surface area contributed by atoms with Crippen molar-refractivity contribution in [3.05, 3.63) is 12.5 Å². The van der Waals surface area contributed by atoms with Crippen molar-refractivity contribution in [1.29, 1.82) is 5.26 Å². The number of rotatable bonds is 3. The maximum Gasteiger partial charge on any atom is 0.255 e. The number of nitriles is 1. The molecule has 0 aliphatic rings. The van der Waals surface area contributed by atoms with E-state index in [1.807, 2.05) is 6.07 Å². The van der Waals surface area contributed by atoms with Crippen molar-refractivity contribution in [3.63, 3.8) is 0 Å². The van der Waals surface area contributed by atoms with Gasteiger partial charge in [0.2, 0.25) is 0 Å². The Kier molecular flexibility index (Phi) is 2.95. The van der Waals surface area contributed by atoms with Gasteiger partial charge >= 0.3 is 0 Å². The van der Waals surface area contributed by atoms with Gasteiger partial charge in [0.25, 0.3) is 5.22 Å². The van der Waals surface area contributed by atoms with Crippen molar-refractivity contribution < 1.29 is 4.42 Å². The van der Waals surface area contributed by atoms with E-state index in [0.717, 1.165) is 0 Å². The quantitative estimate of drug-likeness (QED) is 0.671. The van der Waals surface area contributed by atoms with Gasteiger partial charge in [-0.05, 0) is 0 Å². The Labute approximate surface area is 68.4 Å². The minimum absolute atomic E-state index is 0.452. The average Bonchev–Trinajstić information content (AvgIpc) is 2.52. The van der Waals surface area contributed by atoms with E-state index in [-0.39, 0.29) is 0 Å². The fraction of sp³-hybridized carbons (Fsp3) is 0.333. The Bertz CT molecular complexity index is 241. The van der Waals surface area contributed by atoms with Gasteiger partial charge in [-0.3, -0.25) is 0 Å². The highest BCUT2D eigenvalue weighted by molar-refractivity contribution is 7.99. The molecule has 0 amide bonds. The number of nitrogens with zero attached hydrogens (tertiary/aromatic N) is 2. The van der Waals surface area contributed by atoms with Crippen LogP contribution in [0.1, 0.15) is 0 Å². The molecule has 11 heavy (non-hydrogen) atoms. The van der Waals surface area contributed by atoms with Gasteiger partial charge in [-0.15, -0.1) is 0 Å². The molecule has 0 aromatic carbocycles. The molecule has 0 fully saturated rings. The van der Waals surface area contributed by atoms with Crippen LogP contribution in [0, 0.1) is 11.3 Å². The van der Waals surface area contributed by atoms with E-state index in [0.29, 0.717) is 11.0 Å². The summed E-state index contributed by atoms with van der Waals surface area (Å²) in [6, 6.07) is 1.46. The molecule has 0 bridgehead atoms. The Morgan fingerprint density at radius 2 is 2.73 bits per heavy atom. The Hall–Kier alpha value is -0.990. The highest BCUT2D eigenvalue weighted by Crippen LogP contribution is 2.14. The molecule has 2 N–H and O–H groups in total. The number of thioether (sulfide) groups is 1. The highest BCUT2D eigenvalue weighted by Gasteiger charge is 2.03. The molecule has 4 nitrogen and oxygen atoms in total. The molecule has 1 aromatic heterocycles. The molecule has 1 aromatic rings. The summed E-state index contributed by atoms with van der Waals surface area (Å²) >= 11 is 1.33. The van der Waals surface area contributed by atoms with Gasteiger partial charge in [-0.25, -0.2) is 4.98 Å². The van der Waals surface area contributed by atoms with Crippen LogP contribution in [-0.2, 0) is 0 Å². The van der Waals surface area contributed by atoms with Crippen LogP contribution in [0.3, 0.4) is 0 Å². The molecule has 1 rings (SSSR count). The van der Waals surface area contributed by atoms with Gasteiger partial charge in [0.05, 0.1) is 12.3 Å². The third kappa shape index (κ3) is 2.62. The molecule has 58 valence electrons. The molecule has 1 atom stereocenters. The van der Waals surface area contributed by atoms with Crippen molar-refractivity contribution in [2.45, 2.75) is 11.3 Å². The van der Waals surface area contributed by atoms with Gasteiger partial charge in [0, 0.05) is 5.75 Å². The number of hydrogen-bond donors (Lipinski definition) is 1. The first-order chi connectivity index (χ1) is 5.33. The van der Waals surface area contributed by atoms with Crippen molar-refractivity contribution in [3.8, 4) is 6.07 Å². The first-order valence-corrected chi connectivity index (χ1v) is 3.99. The first-order valence-electron chi connectivity index (χ1n) is 3.00. The lowest BCUT2D eigenvalue weighted by molar-refractivity contribution is 0.454. The summed E-state index contributed by atoms with van der Waals surface area (Å²) in [5.74, 6) is 0.511. The van der Waals surface area contributed by atoms with Gasteiger partial charge in [-0.2, -0.15) is 5.26 Å². The summed E-state index contributed by atoms with van der Waals surface area (Å²) in [6.45, 7) is 0. The van der Waals surface area contributed by atoms with Gasteiger partial charge < -0.3 is 10.2 Å². The lowest BCUT2D eigenvalue weighted by Crippen LogP contribution is -2.19. The van der Waals surface area contributed by atoms with Crippen LogP contribution in [-0.4, -0.2) is 16.8 Å². The zero-order chi connectivity index (χ0) is 8.10. The van der Waals surface area contributed by atoms with Crippen molar-refractivity contribution in [2.75, 3.05) is 5.75 Å². The normalized spacial score (nSPS) is 12.4. The van der Waals surface area contributed by atoms with E-state index in [1.54, 1.807) is 6.20 Å². The van der Waals surface area contributed by atoms with Gasteiger partial charge in [0.1, 0.15) is 12.3 Å². The lowest BCUT2D eigenvalue weighted by atomic mass is 10.4. The van der Waals surface area contributed by atoms with Crippen LogP contribution < -0.4 is 5.73 Å². The van der Waals surface area contributed by atoms with E-state index in [4.69, 9.17) is 15.4 Å². The molecule has 0 saturated carbocycles. The van der Waals surface area contributed by atoms with Crippen LogP contribution in [0.15, 0.2) is 22.1 Å². The minimum atomic E-state index is -0.452. The fourth-order valence-corrected chi connectivity index (χ4v) is 1.14. The third-order valence-corrected chi connectivity index (χ3v) is 1.94. The second kappa shape index (κ2) is 4.01. The van der Waals surface area contributed by atoms with Crippen LogP contribution >= 0.6 is 11.8 Å². The average molecular weight is 169 g/mol. The Morgan fingerprint density at radius 1 is 1.91 bits per heavy atom. The molecule has 1 heterocycles. The van der Waals surface area contributed by atoms with Crippen molar-refractivity contribution in [1.82, 2.24) is 4.98 Å². The second-order valence-corrected chi connectivity index (χ2v) is 2.82. The van der Waals surface area contributed by atoms with E-state index < -0.39 is 6.04 Å². The van der Waals surface area contributed by atoms with Crippen LogP contribution in [0.2, 0.25) is 0 Å². The summed E-state index contributed by atoms with van der Waals surface area (Å²) in [6.07, 6.45) is 3.04. The standard InChI is InChI=1S/C6H7N3OS/c7-3-5(8)4-11-6-9-1-2-10-6/h1-2,5H,4,8H2. The highest BCUT2D eigenvalue weighted by atomic mass is 32.2. The van der Waals surface area contributed by atoms with E-state index in [9.17, 15) is 0 Å². The Morgan fingerprint density at radius 3 is 3.27 bits per heavy atom. The predicted octanol–water partition coefficient (Wildman–Crippen LogP) is 0.618. The number of oxazole rings is 1. The summed E-state index contributed by atoms with van der Waals surface area (Å²) in [7, 11) is 0.